The highest BCUT2D eigenvalue weighted by Gasteiger charge is 2.31. The maximum atomic E-state index is 13.2. The molecule has 3 aromatic carbocycles. The van der Waals surface area contributed by atoms with E-state index in [1.807, 2.05) is 0 Å². The van der Waals surface area contributed by atoms with E-state index in [0.717, 1.165) is 17.7 Å². The largest absolute Gasteiger partial charge is 0.416 e. The molecule has 4 rings (SSSR count). The van der Waals surface area contributed by atoms with Crippen molar-refractivity contribution in [1.29, 1.82) is 0 Å². The lowest BCUT2D eigenvalue weighted by Gasteiger charge is -2.31. The first kappa shape index (κ1) is 22.7. The van der Waals surface area contributed by atoms with Crippen LogP contribution >= 0.6 is 0 Å². The zero-order valence-electron chi connectivity index (χ0n) is 17.3. The molecule has 0 radical (unpaired) electrons. The number of halogens is 3. The summed E-state index contributed by atoms with van der Waals surface area (Å²) in [5.41, 5.74) is 0.698. The van der Waals surface area contributed by atoms with Crippen molar-refractivity contribution in [3.8, 4) is 0 Å². The molecule has 0 bridgehead atoms. The van der Waals surface area contributed by atoms with Gasteiger partial charge in [0.15, 0.2) is 0 Å². The average Bonchev–Trinajstić information content (AvgIpc) is 2.78. The number of fused-ring (bicyclic) bond motifs is 1. The summed E-state index contributed by atoms with van der Waals surface area (Å²) in [6.45, 7) is 0.296. The lowest BCUT2D eigenvalue weighted by atomic mass is 10.0. The maximum absolute atomic E-state index is 13.2. The van der Waals surface area contributed by atoms with Crippen LogP contribution in [0.25, 0.3) is 0 Å². The van der Waals surface area contributed by atoms with E-state index in [0.29, 0.717) is 30.8 Å². The minimum Gasteiger partial charge on any atom is -0.308 e. The number of rotatable bonds is 4. The summed E-state index contributed by atoms with van der Waals surface area (Å²) < 4.78 is 66.3. The molecule has 0 saturated heterocycles. The fourth-order valence-electron chi connectivity index (χ4n) is 3.65. The standard InChI is InChI=1S/C23H20F3N3O3S/c24-23(25,26)17-7-4-8-18(14-17)27-22(30)28-19-12-11-16-6-5-13-29(21(16)15-19)33(31,32)20-9-2-1-3-10-20/h1-4,7-12,14-15H,5-6,13H2,(H2,27,28,30). The van der Waals surface area contributed by atoms with Gasteiger partial charge in [-0.2, -0.15) is 13.2 Å². The number of anilines is 3. The van der Waals surface area contributed by atoms with Crippen LogP contribution in [0.3, 0.4) is 0 Å². The smallest absolute Gasteiger partial charge is 0.308 e. The first-order valence-corrected chi connectivity index (χ1v) is 11.5. The fraction of sp³-hybridized carbons (Fsp3) is 0.174. The Morgan fingerprint density at radius 2 is 1.58 bits per heavy atom. The van der Waals surface area contributed by atoms with Gasteiger partial charge in [0.1, 0.15) is 0 Å². The molecule has 1 aliphatic rings. The molecule has 0 spiro atoms. The number of hydrogen-bond donors (Lipinski definition) is 2. The Morgan fingerprint density at radius 3 is 2.27 bits per heavy atom. The van der Waals surface area contributed by atoms with E-state index >= 15 is 0 Å². The lowest BCUT2D eigenvalue weighted by Crippen LogP contribution is -2.35. The van der Waals surface area contributed by atoms with Crippen LogP contribution in [0.1, 0.15) is 17.5 Å². The number of alkyl halides is 3. The van der Waals surface area contributed by atoms with Crippen molar-refractivity contribution in [3.05, 3.63) is 83.9 Å². The van der Waals surface area contributed by atoms with E-state index in [4.69, 9.17) is 0 Å². The van der Waals surface area contributed by atoms with E-state index < -0.39 is 27.8 Å². The van der Waals surface area contributed by atoms with Crippen molar-refractivity contribution in [2.24, 2.45) is 0 Å². The third-order valence-corrected chi connectivity index (χ3v) is 7.03. The topological polar surface area (TPSA) is 78.5 Å². The van der Waals surface area contributed by atoms with Crippen LogP contribution in [0.5, 0.6) is 0 Å². The molecule has 6 nitrogen and oxygen atoms in total. The molecule has 2 amide bonds. The Balaban J connectivity index is 1.56. The molecule has 0 fully saturated rings. The minimum atomic E-state index is -4.53. The Bertz CT molecular complexity index is 1280. The highest BCUT2D eigenvalue weighted by Crippen LogP contribution is 2.34. The molecule has 3 aromatic rings. The van der Waals surface area contributed by atoms with E-state index in [1.165, 1.54) is 28.6 Å². The van der Waals surface area contributed by atoms with Gasteiger partial charge in [-0.25, -0.2) is 13.2 Å². The molecule has 2 N–H and O–H groups in total. The summed E-state index contributed by atoms with van der Waals surface area (Å²) in [5.74, 6) is 0. The van der Waals surface area contributed by atoms with Crippen molar-refractivity contribution in [3.63, 3.8) is 0 Å². The summed E-state index contributed by atoms with van der Waals surface area (Å²) in [7, 11) is -3.79. The molecular formula is C23H20F3N3O3S. The first-order chi connectivity index (χ1) is 15.6. The van der Waals surface area contributed by atoms with E-state index in [-0.39, 0.29) is 10.6 Å². The predicted octanol–water partition coefficient (Wildman–Crippen LogP) is 5.49. The fourth-order valence-corrected chi connectivity index (χ4v) is 5.21. The monoisotopic (exact) mass is 475 g/mol. The Hall–Kier alpha value is -3.53. The summed E-state index contributed by atoms with van der Waals surface area (Å²) in [5, 5.41) is 4.93. The molecule has 0 unspecified atom stereocenters. The number of urea groups is 1. The first-order valence-electron chi connectivity index (χ1n) is 10.1. The molecular weight excluding hydrogens is 455 g/mol. The van der Waals surface area contributed by atoms with Crippen molar-refractivity contribution in [2.75, 3.05) is 21.5 Å². The third-order valence-electron chi connectivity index (χ3n) is 5.20. The maximum Gasteiger partial charge on any atom is 0.416 e. The van der Waals surface area contributed by atoms with Gasteiger partial charge in [-0.1, -0.05) is 30.3 Å². The molecule has 0 aromatic heterocycles. The lowest BCUT2D eigenvalue weighted by molar-refractivity contribution is -0.137. The zero-order valence-corrected chi connectivity index (χ0v) is 18.1. The molecule has 1 aliphatic heterocycles. The predicted molar refractivity (Wildman–Crippen MR) is 120 cm³/mol. The van der Waals surface area contributed by atoms with Crippen LogP contribution < -0.4 is 14.9 Å². The zero-order chi connectivity index (χ0) is 23.6. The number of carbonyl (C=O) groups is 1. The Kier molecular flexibility index (Phi) is 6.03. The summed E-state index contributed by atoms with van der Waals surface area (Å²) in [6.07, 6.45) is -3.19. The Morgan fingerprint density at radius 1 is 0.879 bits per heavy atom. The molecule has 0 aliphatic carbocycles. The second-order valence-corrected chi connectivity index (χ2v) is 9.36. The summed E-state index contributed by atoms with van der Waals surface area (Å²) in [4.78, 5) is 12.5. The number of hydrogen-bond acceptors (Lipinski definition) is 3. The number of nitrogens with one attached hydrogen (secondary N) is 2. The number of benzene rings is 3. The highest BCUT2D eigenvalue weighted by molar-refractivity contribution is 7.92. The molecule has 1 heterocycles. The van der Waals surface area contributed by atoms with Gasteiger partial charge < -0.3 is 10.6 Å². The van der Waals surface area contributed by atoms with Gasteiger partial charge in [0, 0.05) is 17.9 Å². The number of amides is 2. The van der Waals surface area contributed by atoms with Gasteiger partial charge in [0.2, 0.25) is 0 Å². The van der Waals surface area contributed by atoms with Gasteiger partial charge in [0.05, 0.1) is 16.1 Å². The second-order valence-electron chi connectivity index (χ2n) is 7.49. The van der Waals surface area contributed by atoms with Gasteiger partial charge in [-0.05, 0) is 60.9 Å². The van der Waals surface area contributed by atoms with Crippen LogP contribution in [-0.2, 0) is 22.6 Å². The molecule has 0 atom stereocenters. The average molecular weight is 475 g/mol. The van der Waals surface area contributed by atoms with Gasteiger partial charge >= 0.3 is 12.2 Å². The van der Waals surface area contributed by atoms with Crippen LogP contribution in [0.2, 0.25) is 0 Å². The molecule has 10 heteroatoms. The van der Waals surface area contributed by atoms with Gasteiger partial charge in [-0.3, -0.25) is 4.31 Å². The van der Waals surface area contributed by atoms with Crippen LogP contribution in [0.4, 0.5) is 35.0 Å². The van der Waals surface area contributed by atoms with Crippen molar-refractivity contribution >= 4 is 33.1 Å². The van der Waals surface area contributed by atoms with Crippen LogP contribution in [0, 0.1) is 0 Å². The van der Waals surface area contributed by atoms with E-state index in [9.17, 15) is 26.4 Å². The SMILES string of the molecule is O=C(Nc1cccc(C(F)(F)F)c1)Nc1ccc2c(c1)N(S(=O)(=O)c1ccccc1)CCC2. The van der Waals surface area contributed by atoms with Crippen molar-refractivity contribution in [1.82, 2.24) is 0 Å². The summed E-state index contributed by atoms with van der Waals surface area (Å²) >= 11 is 0. The molecule has 33 heavy (non-hydrogen) atoms. The third kappa shape index (κ3) is 4.95. The van der Waals surface area contributed by atoms with Gasteiger partial charge in [-0.15, -0.1) is 0 Å². The second kappa shape index (κ2) is 8.78. The number of sulfonamides is 1. The van der Waals surface area contributed by atoms with Crippen LogP contribution in [-0.4, -0.2) is 21.0 Å². The van der Waals surface area contributed by atoms with Gasteiger partial charge in [0.25, 0.3) is 10.0 Å². The number of carbonyl (C=O) groups excluding carboxylic acids is 1. The van der Waals surface area contributed by atoms with Crippen molar-refractivity contribution in [2.45, 2.75) is 23.9 Å². The van der Waals surface area contributed by atoms with E-state index in [2.05, 4.69) is 10.6 Å². The Labute approximate surface area is 189 Å². The number of aryl methyl sites for hydroxylation is 1. The quantitative estimate of drug-likeness (QED) is 0.524. The minimum absolute atomic E-state index is 0.0198. The van der Waals surface area contributed by atoms with Crippen LogP contribution in [0.15, 0.2) is 77.7 Å². The van der Waals surface area contributed by atoms with E-state index in [1.54, 1.807) is 36.4 Å². The summed E-state index contributed by atoms with van der Waals surface area (Å²) in [6, 6.07) is 16.5. The normalized spacial score (nSPS) is 13.8. The number of nitrogens with zero attached hydrogens (tertiary/aromatic N) is 1. The van der Waals surface area contributed by atoms with Crippen molar-refractivity contribution < 1.29 is 26.4 Å². The highest BCUT2D eigenvalue weighted by atomic mass is 32.2. The molecule has 0 saturated carbocycles. The molecule has 172 valence electrons.